The number of carboxylic acid groups (broad SMARTS) is 1. The number of hydrogen-bond acceptors (Lipinski definition) is 4. The highest BCUT2D eigenvalue weighted by molar-refractivity contribution is 7.90. The van der Waals surface area contributed by atoms with Gasteiger partial charge in [-0.15, -0.1) is 0 Å². The van der Waals surface area contributed by atoms with Crippen LogP contribution in [0.25, 0.3) is 0 Å². The van der Waals surface area contributed by atoms with Crippen molar-refractivity contribution >= 4 is 15.8 Å². The molecule has 0 saturated carbocycles. The molecule has 0 saturated heterocycles. The minimum atomic E-state index is -3.54. The summed E-state index contributed by atoms with van der Waals surface area (Å²) in [5, 5.41) is 13.0. The fraction of sp³-hybridized carbons (Fsp3) is 0.286. The van der Waals surface area contributed by atoms with E-state index in [9.17, 15) is 13.2 Å². The zero-order valence-corrected chi connectivity index (χ0v) is 12.5. The lowest BCUT2D eigenvalue weighted by molar-refractivity contribution is 0.0696. The third-order valence-electron chi connectivity index (χ3n) is 2.99. The van der Waals surface area contributed by atoms with E-state index in [2.05, 4.69) is 5.10 Å². The van der Waals surface area contributed by atoms with Crippen molar-refractivity contribution in [3.05, 3.63) is 47.8 Å². The van der Waals surface area contributed by atoms with Crippen molar-refractivity contribution in [3.63, 3.8) is 0 Å². The Morgan fingerprint density at radius 3 is 2.33 bits per heavy atom. The molecule has 1 N–H and O–H groups in total. The van der Waals surface area contributed by atoms with Gasteiger partial charge in [-0.05, 0) is 44.2 Å². The summed E-state index contributed by atoms with van der Waals surface area (Å²) in [5.41, 5.74) is 0.518. The fourth-order valence-corrected chi connectivity index (χ4v) is 3.09. The summed E-state index contributed by atoms with van der Waals surface area (Å²) < 4.78 is 26.2. The van der Waals surface area contributed by atoms with Crippen molar-refractivity contribution in [1.29, 1.82) is 0 Å². The molecule has 1 heterocycles. The van der Waals surface area contributed by atoms with Gasteiger partial charge in [-0.25, -0.2) is 13.2 Å². The van der Waals surface area contributed by atoms with E-state index in [1.165, 1.54) is 24.3 Å². The van der Waals surface area contributed by atoms with Gasteiger partial charge in [0.05, 0.1) is 21.9 Å². The molecule has 2 rings (SSSR count). The summed E-state index contributed by atoms with van der Waals surface area (Å²) in [4.78, 5) is 10.8. The SMILES string of the molecule is CC(C)n1ccc(CS(=O)(=O)c2ccc(C(=O)O)cc2)n1. The van der Waals surface area contributed by atoms with Crippen LogP contribution in [-0.4, -0.2) is 29.3 Å². The van der Waals surface area contributed by atoms with E-state index in [-0.39, 0.29) is 22.3 Å². The zero-order chi connectivity index (χ0) is 15.6. The number of aromatic nitrogens is 2. The lowest BCUT2D eigenvalue weighted by Gasteiger charge is -2.05. The highest BCUT2D eigenvalue weighted by atomic mass is 32.2. The topological polar surface area (TPSA) is 89.3 Å². The summed E-state index contributed by atoms with van der Waals surface area (Å²) in [7, 11) is -3.54. The van der Waals surface area contributed by atoms with Gasteiger partial charge in [0.15, 0.2) is 9.84 Å². The largest absolute Gasteiger partial charge is 0.478 e. The van der Waals surface area contributed by atoms with E-state index in [4.69, 9.17) is 5.11 Å². The number of nitrogens with zero attached hydrogens (tertiary/aromatic N) is 2. The van der Waals surface area contributed by atoms with Crippen LogP contribution in [0.15, 0.2) is 41.4 Å². The Balaban J connectivity index is 2.22. The summed E-state index contributed by atoms with van der Waals surface area (Å²) in [5.74, 6) is -1.30. The van der Waals surface area contributed by atoms with Gasteiger partial charge in [-0.3, -0.25) is 4.68 Å². The molecular weight excluding hydrogens is 292 g/mol. The Morgan fingerprint density at radius 1 is 1.24 bits per heavy atom. The quantitative estimate of drug-likeness (QED) is 0.914. The molecule has 1 aromatic heterocycles. The first kappa shape index (κ1) is 15.2. The maximum Gasteiger partial charge on any atom is 0.335 e. The van der Waals surface area contributed by atoms with E-state index < -0.39 is 15.8 Å². The number of carboxylic acids is 1. The van der Waals surface area contributed by atoms with Gasteiger partial charge in [0.25, 0.3) is 0 Å². The van der Waals surface area contributed by atoms with Crippen molar-refractivity contribution in [3.8, 4) is 0 Å². The second-order valence-corrected chi connectivity index (χ2v) is 6.96. The first-order chi connectivity index (χ1) is 9.79. The molecular formula is C14H16N2O4S. The van der Waals surface area contributed by atoms with Crippen LogP contribution < -0.4 is 0 Å². The number of aromatic carboxylic acids is 1. The number of carbonyl (C=O) groups is 1. The maximum absolute atomic E-state index is 12.3. The molecule has 0 radical (unpaired) electrons. The van der Waals surface area contributed by atoms with Crippen molar-refractivity contribution < 1.29 is 18.3 Å². The van der Waals surface area contributed by atoms with Gasteiger partial charge < -0.3 is 5.11 Å². The molecule has 0 aliphatic heterocycles. The molecule has 0 unspecified atom stereocenters. The molecule has 0 amide bonds. The highest BCUT2D eigenvalue weighted by Gasteiger charge is 2.18. The molecule has 21 heavy (non-hydrogen) atoms. The number of benzene rings is 1. The first-order valence-corrected chi connectivity index (χ1v) is 8.05. The van der Waals surface area contributed by atoms with Crippen LogP contribution in [0.2, 0.25) is 0 Å². The summed E-state index contributed by atoms with van der Waals surface area (Å²) in [6, 6.07) is 7.00. The molecule has 2 aromatic rings. The van der Waals surface area contributed by atoms with Gasteiger partial charge in [0.2, 0.25) is 0 Å². The molecule has 0 aliphatic carbocycles. The number of hydrogen-bond donors (Lipinski definition) is 1. The standard InChI is InChI=1S/C14H16N2O4S/c1-10(2)16-8-7-12(15-16)9-21(19,20)13-5-3-11(4-6-13)14(17)18/h3-8,10H,9H2,1-2H3,(H,17,18). The second-order valence-electron chi connectivity index (χ2n) is 4.97. The highest BCUT2D eigenvalue weighted by Crippen LogP contribution is 2.17. The molecule has 112 valence electrons. The summed E-state index contributed by atoms with van der Waals surface area (Å²) >= 11 is 0. The average Bonchev–Trinajstić information content (AvgIpc) is 2.87. The van der Waals surface area contributed by atoms with Crippen LogP contribution in [0.4, 0.5) is 0 Å². The molecule has 1 aromatic carbocycles. The van der Waals surface area contributed by atoms with Crippen LogP contribution in [0.5, 0.6) is 0 Å². The first-order valence-electron chi connectivity index (χ1n) is 6.40. The van der Waals surface area contributed by atoms with Crippen LogP contribution in [0.3, 0.4) is 0 Å². The normalized spacial score (nSPS) is 11.8. The van der Waals surface area contributed by atoms with E-state index in [0.29, 0.717) is 5.69 Å². The second kappa shape index (κ2) is 5.69. The van der Waals surface area contributed by atoms with Crippen molar-refractivity contribution in [2.45, 2.75) is 30.5 Å². The van der Waals surface area contributed by atoms with Crippen LogP contribution in [-0.2, 0) is 15.6 Å². The minimum Gasteiger partial charge on any atom is -0.478 e. The van der Waals surface area contributed by atoms with Gasteiger partial charge in [-0.2, -0.15) is 5.10 Å². The van der Waals surface area contributed by atoms with E-state index in [0.717, 1.165) is 0 Å². The monoisotopic (exact) mass is 308 g/mol. The predicted octanol–water partition coefficient (Wildman–Crippen LogP) is 2.14. The third kappa shape index (κ3) is 3.49. The molecule has 7 heteroatoms. The van der Waals surface area contributed by atoms with Crippen molar-refractivity contribution in [2.75, 3.05) is 0 Å². The Kier molecular flexibility index (Phi) is 4.13. The molecule has 0 atom stereocenters. The Hall–Kier alpha value is -2.15. The molecule has 0 fully saturated rings. The molecule has 0 spiro atoms. The maximum atomic E-state index is 12.3. The number of rotatable bonds is 5. The fourth-order valence-electron chi connectivity index (χ4n) is 1.82. The zero-order valence-electron chi connectivity index (χ0n) is 11.7. The minimum absolute atomic E-state index is 0.0537. The smallest absolute Gasteiger partial charge is 0.335 e. The predicted molar refractivity (Wildman–Crippen MR) is 76.9 cm³/mol. The average molecular weight is 308 g/mol. The third-order valence-corrected chi connectivity index (χ3v) is 4.66. The number of sulfone groups is 1. The van der Waals surface area contributed by atoms with E-state index in [1.807, 2.05) is 13.8 Å². The van der Waals surface area contributed by atoms with Gasteiger partial charge in [0.1, 0.15) is 0 Å². The van der Waals surface area contributed by atoms with Crippen LogP contribution >= 0.6 is 0 Å². The lowest BCUT2D eigenvalue weighted by atomic mass is 10.2. The van der Waals surface area contributed by atoms with Crippen LogP contribution in [0.1, 0.15) is 35.9 Å². The summed E-state index contributed by atoms with van der Waals surface area (Å²) in [6.07, 6.45) is 1.74. The lowest BCUT2D eigenvalue weighted by Crippen LogP contribution is -2.08. The summed E-state index contributed by atoms with van der Waals surface area (Å²) in [6.45, 7) is 3.91. The molecule has 0 bridgehead atoms. The van der Waals surface area contributed by atoms with Gasteiger partial charge >= 0.3 is 5.97 Å². The van der Waals surface area contributed by atoms with Crippen molar-refractivity contribution in [1.82, 2.24) is 9.78 Å². The molecule has 6 nitrogen and oxygen atoms in total. The Labute approximate surface area is 123 Å². The van der Waals surface area contributed by atoms with Crippen LogP contribution in [0, 0.1) is 0 Å². The van der Waals surface area contributed by atoms with E-state index in [1.54, 1.807) is 16.9 Å². The molecule has 0 aliphatic rings. The van der Waals surface area contributed by atoms with Crippen molar-refractivity contribution in [2.24, 2.45) is 0 Å². The Morgan fingerprint density at radius 2 is 1.86 bits per heavy atom. The Bertz CT molecular complexity index is 746. The van der Waals surface area contributed by atoms with E-state index >= 15 is 0 Å². The van der Waals surface area contributed by atoms with Gasteiger partial charge in [0, 0.05) is 12.2 Å². The van der Waals surface area contributed by atoms with Gasteiger partial charge in [-0.1, -0.05) is 0 Å².